The first-order valence-electron chi connectivity index (χ1n) is 6.21. The Hall–Kier alpha value is -2.28. The van der Waals surface area contributed by atoms with Crippen LogP contribution in [0.5, 0.6) is 0 Å². The highest BCUT2D eigenvalue weighted by Crippen LogP contribution is 2.37. The van der Waals surface area contributed by atoms with E-state index in [1.165, 1.54) is 0 Å². The lowest BCUT2D eigenvalue weighted by molar-refractivity contribution is 0.0420. The van der Waals surface area contributed by atoms with Crippen molar-refractivity contribution in [3.63, 3.8) is 0 Å². The number of carbonyl (C=O) groups is 1. The molecule has 0 unspecified atom stereocenters. The highest BCUT2D eigenvalue weighted by Gasteiger charge is 2.33. The van der Waals surface area contributed by atoms with Gasteiger partial charge in [-0.15, -0.1) is 0 Å². The SMILES string of the molecule is CC/C(=C\C#N)c1ccc2c(c1)C(C)(C)OC(=O)N2. The van der Waals surface area contributed by atoms with Crippen LogP contribution in [-0.2, 0) is 10.3 Å². The van der Waals surface area contributed by atoms with Crippen LogP contribution in [0.4, 0.5) is 10.5 Å². The number of allylic oxidation sites excluding steroid dienone is 2. The molecule has 1 heterocycles. The van der Waals surface area contributed by atoms with E-state index in [-0.39, 0.29) is 0 Å². The number of nitrogens with one attached hydrogen (secondary N) is 1. The zero-order valence-electron chi connectivity index (χ0n) is 11.3. The third-order valence-electron chi connectivity index (χ3n) is 3.24. The van der Waals surface area contributed by atoms with E-state index in [1.807, 2.05) is 39.0 Å². The summed E-state index contributed by atoms with van der Waals surface area (Å²) in [6.07, 6.45) is 1.89. The van der Waals surface area contributed by atoms with Gasteiger partial charge in [0, 0.05) is 11.6 Å². The fraction of sp³-hybridized carbons (Fsp3) is 0.333. The van der Waals surface area contributed by atoms with E-state index >= 15 is 0 Å². The number of nitrogens with zero attached hydrogens (tertiary/aromatic N) is 1. The molecule has 0 spiro atoms. The van der Waals surface area contributed by atoms with Crippen molar-refractivity contribution in [2.24, 2.45) is 0 Å². The maximum absolute atomic E-state index is 11.4. The number of amides is 1. The fourth-order valence-electron chi connectivity index (χ4n) is 2.24. The third-order valence-corrected chi connectivity index (χ3v) is 3.24. The Labute approximate surface area is 112 Å². The number of rotatable bonds is 2. The summed E-state index contributed by atoms with van der Waals surface area (Å²) in [4.78, 5) is 11.4. The number of hydrogen-bond acceptors (Lipinski definition) is 3. The van der Waals surface area contributed by atoms with Gasteiger partial charge >= 0.3 is 6.09 Å². The van der Waals surface area contributed by atoms with Crippen LogP contribution in [0.25, 0.3) is 5.57 Å². The predicted octanol–water partition coefficient (Wildman–Crippen LogP) is 3.80. The molecule has 1 aromatic rings. The predicted molar refractivity (Wildman–Crippen MR) is 73.5 cm³/mol. The normalized spacial score (nSPS) is 16.9. The van der Waals surface area contributed by atoms with E-state index in [4.69, 9.17) is 10.00 Å². The van der Waals surface area contributed by atoms with Crippen molar-refractivity contribution in [2.75, 3.05) is 5.32 Å². The number of nitriles is 1. The monoisotopic (exact) mass is 256 g/mol. The molecule has 0 radical (unpaired) electrons. The summed E-state index contributed by atoms with van der Waals surface area (Å²) in [5.74, 6) is 0. The van der Waals surface area contributed by atoms with Gasteiger partial charge < -0.3 is 4.74 Å². The molecule has 2 rings (SSSR count). The molecule has 0 aromatic heterocycles. The van der Waals surface area contributed by atoms with Crippen LogP contribution in [-0.4, -0.2) is 6.09 Å². The summed E-state index contributed by atoms with van der Waals surface area (Å²) in [5.41, 5.74) is 2.96. The zero-order chi connectivity index (χ0) is 14.0. The van der Waals surface area contributed by atoms with Gasteiger partial charge in [-0.25, -0.2) is 4.79 Å². The van der Waals surface area contributed by atoms with E-state index in [2.05, 4.69) is 11.4 Å². The molecule has 4 nitrogen and oxygen atoms in total. The molecule has 1 amide bonds. The first kappa shape index (κ1) is 13.2. The van der Waals surface area contributed by atoms with Gasteiger partial charge in [-0.05, 0) is 43.5 Å². The van der Waals surface area contributed by atoms with Gasteiger partial charge in [-0.2, -0.15) is 5.26 Å². The number of ether oxygens (including phenoxy) is 1. The molecule has 0 aliphatic carbocycles. The van der Waals surface area contributed by atoms with Crippen molar-refractivity contribution in [3.8, 4) is 6.07 Å². The first-order valence-corrected chi connectivity index (χ1v) is 6.21. The molecule has 0 bridgehead atoms. The largest absolute Gasteiger partial charge is 0.438 e. The Morgan fingerprint density at radius 1 is 1.53 bits per heavy atom. The fourth-order valence-corrected chi connectivity index (χ4v) is 2.24. The van der Waals surface area contributed by atoms with Gasteiger partial charge in [0.05, 0.1) is 11.8 Å². The van der Waals surface area contributed by atoms with Crippen LogP contribution in [0.1, 0.15) is 38.3 Å². The number of fused-ring (bicyclic) bond motifs is 1. The summed E-state index contributed by atoms with van der Waals surface area (Å²) in [7, 11) is 0. The lowest BCUT2D eigenvalue weighted by Crippen LogP contribution is -2.34. The molecule has 4 heteroatoms. The van der Waals surface area contributed by atoms with Crippen molar-refractivity contribution < 1.29 is 9.53 Å². The van der Waals surface area contributed by atoms with Gasteiger partial charge in [0.15, 0.2) is 0 Å². The van der Waals surface area contributed by atoms with Gasteiger partial charge in [-0.3, -0.25) is 5.32 Å². The molecule has 1 N–H and O–H groups in total. The molecule has 0 fully saturated rings. The summed E-state index contributed by atoms with van der Waals surface area (Å²) in [5, 5.41) is 11.5. The number of benzene rings is 1. The van der Waals surface area contributed by atoms with Crippen LogP contribution < -0.4 is 5.32 Å². The minimum absolute atomic E-state index is 0.437. The number of carbonyl (C=O) groups excluding carboxylic acids is 1. The van der Waals surface area contributed by atoms with Gasteiger partial charge in [-0.1, -0.05) is 13.0 Å². The van der Waals surface area contributed by atoms with E-state index in [1.54, 1.807) is 6.08 Å². The molecule has 0 atom stereocenters. The molecule has 1 aliphatic rings. The maximum Gasteiger partial charge on any atom is 0.412 e. The van der Waals surface area contributed by atoms with E-state index in [0.717, 1.165) is 28.8 Å². The Bertz CT molecular complexity index is 595. The van der Waals surface area contributed by atoms with Crippen LogP contribution in [0, 0.1) is 11.3 Å². The average Bonchev–Trinajstić information content (AvgIpc) is 2.34. The quantitative estimate of drug-likeness (QED) is 0.818. The highest BCUT2D eigenvalue weighted by atomic mass is 16.6. The summed E-state index contributed by atoms with van der Waals surface area (Å²) < 4.78 is 5.29. The minimum atomic E-state index is -0.667. The lowest BCUT2D eigenvalue weighted by atomic mass is 9.90. The van der Waals surface area contributed by atoms with Crippen LogP contribution in [0.3, 0.4) is 0 Å². The van der Waals surface area contributed by atoms with Crippen molar-refractivity contribution in [3.05, 3.63) is 35.4 Å². The Balaban J connectivity index is 2.53. The lowest BCUT2D eigenvalue weighted by Gasteiger charge is -2.32. The van der Waals surface area contributed by atoms with Crippen molar-refractivity contribution >= 4 is 17.4 Å². The molecule has 19 heavy (non-hydrogen) atoms. The smallest absolute Gasteiger partial charge is 0.412 e. The second-order valence-electron chi connectivity index (χ2n) is 4.94. The first-order chi connectivity index (χ1) is 8.97. The second-order valence-corrected chi connectivity index (χ2v) is 4.94. The molecule has 1 aromatic carbocycles. The van der Waals surface area contributed by atoms with Crippen molar-refractivity contribution in [2.45, 2.75) is 32.8 Å². The summed E-state index contributed by atoms with van der Waals surface area (Å²) in [6, 6.07) is 7.80. The number of anilines is 1. The molecular weight excluding hydrogens is 240 g/mol. The standard InChI is InChI=1S/C15H16N2O2/c1-4-10(7-8-16)11-5-6-13-12(9-11)15(2,3)19-14(18)17-13/h5-7,9H,4H2,1-3H3,(H,17,18)/b10-7+. The zero-order valence-corrected chi connectivity index (χ0v) is 11.3. The van der Waals surface area contributed by atoms with Crippen LogP contribution in [0.2, 0.25) is 0 Å². The van der Waals surface area contributed by atoms with Crippen LogP contribution in [0.15, 0.2) is 24.3 Å². The topological polar surface area (TPSA) is 62.1 Å². The maximum atomic E-state index is 11.4. The third kappa shape index (κ3) is 2.45. The van der Waals surface area contributed by atoms with E-state index in [0.29, 0.717) is 0 Å². The molecule has 0 saturated heterocycles. The molecular formula is C15H16N2O2. The van der Waals surface area contributed by atoms with Gasteiger partial charge in [0.2, 0.25) is 0 Å². The second kappa shape index (κ2) is 4.77. The molecule has 98 valence electrons. The molecule has 1 aliphatic heterocycles. The summed E-state index contributed by atoms with van der Waals surface area (Å²) >= 11 is 0. The highest BCUT2D eigenvalue weighted by molar-refractivity contribution is 5.89. The van der Waals surface area contributed by atoms with E-state index in [9.17, 15) is 4.79 Å². The average molecular weight is 256 g/mol. The minimum Gasteiger partial charge on any atom is -0.438 e. The van der Waals surface area contributed by atoms with Crippen molar-refractivity contribution in [1.82, 2.24) is 0 Å². The number of cyclic esters (lactones) is 1. The van der Waals surface area contributed by atoms with E-state index < -0.39 is 11.7 Å². The van der Waals surface area contributed by atoms with Gasteiger partial charge in [0.1, 0.15) is 5.60 Å². The van der Waals surface area contributed by atoms with Crippen LogP contribution >= 0.6 is 0 Å². The van der Waals surface area contributed by atoms with Gasteiger partial charge in [0.25, 0.3) is 0 Å². The number of hydrogen-bond donors (Lipinski definition) is 1. The molecule has 0 saturated carbocycles. The Morgan fingerprint density at radius 3 is 2.89 bits per heavy atom. The summed E-state index contributed by atoms with van der Waals surface area (Å²) in [6.45, 7) is 5.72. The van der Waals surface area contributed by atoms with Crippen molar-refractivity contribution in [1.29, 1.82) is 5.26 Å². The Kier molecular flexibility index (Phi) is 3.30. The Morgan fingerprint density at radius 2 is 2.26 bits per heavy atom.